The molecule has 0 aliphatic heterocycles. The van der Waals surface area contributed by atoms with Crippen LogP contribution in [-0.4, -0.2) is 15.3 Å². The molecule has 1 heterocycles. The molecule has 1 aromatic heterocycles. The van der Waals surface area contributed by atoms with E-state index in [1.807, 2.05) is 22.4 Å². The van der Waals surface area contributed by atoms with Crippen molar-refractivity contribution in [3.63, 3.8) is 0 Å². The van der Waals surface area contributed by atoms with Crippen molar-refractivity contribution in [1.29, 1.82) is 0 Å². The number of nitrogens with zero attached hydrogens (tertiary/aromatic N) is 2. The molecular weight excluding hydrogens is 304 g/mol. The highest BCUT2D eigenvalue weighted by atomic mass is 32.2. The van der Waals surface area contributed by atoms with Crippen LogP contribution in [0.5, 0.6) is 0 Å². The minimum Gasteiger partial charge on any atom is -0.308 e. The molecule has 0 radical (unpaired) electrons. The van der Waals surface area contributed by atoms with Crippen LogP contribution in [0.1, 0.15) is 43.3 Å². The Morgan fingerprint density at radius 2 is 1.96 bits per heavy atom. The first-order valence-corrected chi connectivity index (χ1v) is 9.57. The molecule has 3 rings (SSSR count). The van der Waals surface area contributed by atoms with Crippen molar-refractivity contribution >= 4 is 11.8 Å². The first kappa shape index (κ1) is 16.3. The highest BCUT2D eigenvalue weighted by Gasteiger charge is 2.18. The molecular formula is C19H24N2OS. The lowest BCUT2D eigenvalue weighted by atomic mass is 9.99. The topological polar surface area (TPSA) is 34.9 Å². The molecule has 0 amide bonds. The van der Waals surface area contributed by atoms with Crippen LogP contribution in [-0.2, 0) is 25.8 Å². The molecule has 1 aliphatic rings. The second-order valence-corrected chi connectivity index (χ2v) is 7.20. The summed E-state index contributed by atoms with van der Waals surface area (Å²) in [6, 6.07) is 10.4. The summed E-state index contributed by atoms with van der Waals surface area (Å²) in [7, 11) is 0. The molecule has 2 aromatic rings. The summed E-state index contributed by atoms with van der Waals surface area (Å²) in [4.78, 5) is 18.7. The van der Waals surface area contributed by atoms with Gasteiger partial charge in [0.1, 0.15) is 5.69 Å². The van der Waals surface area contributed by atoms with Gasteiger partial charge in [0.15, 0.2) is 0 Å². The van der Waals surface area contributed by atoms with Crippen LogP contribution in [0.15, 0.2) is 40.0 Å². The summed E-state index contributed by atoms with van der Waals surface area (Å²) in [5.41, 5.74) is 3.26. The van der Waals surface area contributed by atoms with Crippen LogP contribution in [0.4, 0.5) is 0 Å². The van der Waals surface area contributed by atoms with E-state index in [9.17, 15) is 4.79 Å². The predicted molar refractivity (Wildman–Crippen MR) is 96.3 cm³/mol. The third kappa shape index (κ3) is 3.86. The standard InChI is InChI=1S/C19H24N2OS/c1-2-8-17-19(22)21(18-12-7-6-11-16(18)20-17)13-14-23-15-9-4-3-5-10-15/h3-5,9-10H,2,6-8,11-14H2,1H3. The third-order valence-electron chi connectivity index (χ3n) is 4.31. The number of rotatable bonds is 6. The molecule has 1 aliphatic carbocycles. The number of benzene rings is 1. The maximum Gasteiger partial charge on any atom is 0.272 e. The van der Waals surface area contributed by atoms with Crippen LogP contribution in [0, 0.1) is 0 Å². The van der Waals surface area contributed by atoms with E-state index in [2.05, 4.69) is 36.2 Å². The molecule has 0 unspecified atom stereocenters. The fraction of sp³-hybridized carbons (Fsp3) is 0.474. The van der Waals surface area contributed by atoms with Crippen molar-refractivity contribution in [3.8, 4) is 0 Å². The fourth-order valence-electron chi connectivity index (χ4n) is 3.18. The van der Waals surface area contributed by atoms with Crippen LogP contribution in [0.3, 0.4) is 0 Å². The summed E-state index contributed by atoms with van der Waals surface area (Å²) in [6.07, 6.45) is 6.16. The highest BCUT2D eigenvalue weighted by Crippen LogP contribution is 2.21. The number of aryl methyl sites for hydroxylation is 2. The quantitative estimate of drug-likeness (QED) is 0.755. The molecule has 4 heteroatoms. The largest absolute Gasteiger partial charge is 0.308 e. The Hall–Kier alpha value is -1.55. The normalized spacial score (nSPS) is 13.8. The molecule has 0 bridgehead atoms. The summed E-state index contributed by atoms with van der Waals surface area (Å²) in [5.74, 6) is 0.923. The van der Waals surface area contributed by atoms with Gasteiger partial charge in [-0.05, 0) is 44.2 Å². The summed E-state index contributed by atoms with van der Waals surface area (Å²) < 4.78 is 2.02. The maximum absolute atomic E-state index is 12.8. The van der Waals surface area contributed by atoms with Gasteiger partial charge in [0.25, 0.3) is 5.56 Å². The van der Waals surface area contributed by atoms with Gasteiger partial charge < -0.3 is 4.57 Å². The Balaban J connectivity index is 1.81. The summed E-state index contributed by atoms with van der Waals surface area (Å²) in [5, 5.41) is 0. The van der Waals surface area contributed by atoms with E-state index in [4.69, 9.17) is 0 Å². The number of hydrogen-bond acceptors (Lipinski definition) is 3. The van der Waals surface area contributed by atoms with Gasteiger partial charge in [-0.15, -0.1) is 11.8 Å². The molecule has 3 nitrogen and oxygen atoms in total. The molecule has 0 saturated carbocycles. The number of thioether (sulfide) groups is 1. The van der Waals surface area contributed by atoms with Gasteiger partial charge in [-0.1, -0.05) is 31.5 Å². The monoisotopic (exact) mass is 328 g/mol. The minimum absolute atomic E-state index is 0.140. The molecule has 0 spiro atoms. The Morgan fingerprint density at radius 1 is 1.17 bits per heavy atom. The molecule has 0 saturated heterocycles. The van der Waals surface area contributed by atoms with Gasteiger partial charge in [0, 0.05) is 22.9 Å². The Bertz CT molecular complexity index is 709. The second kappa shape index (κ2) is 7.82. The summed E-state index contributed by atoms with van der Waals surface area (Å²) >= 11 is 1.81. The van der Waals surface area contributed by atoms with Crippen molar-refractivity contribution < 1.29 is 0 Å². The lowest BCUT2D eigenvalue weighted by Crippen LogP contribution is -2.32. The predicted octanol–water partition coefficient (Wildman–Crippen LogP) is 3.87. The first-order valence-electron chi connectivity index (χ1n) is 8.59. The average Bonchev–Trinajstić information content (AvgIpc) is 2.59. The zero-order valence-corrected chi connectivity index (χ0v) is 14.6. The van der Waals surface area contributed by atoms with E-state index in [0.29, 0.717) is 0 Å². The Morgan fingerprint density at radius 3 is 2.74 bits per heavy atom. The van der Waals surface area contributed by atoms with Gasteiger partial charge in [-0.2, -0.15) is 0 Å². The van der Waals surface area contributed by atoms with Crippen molar-refractivity contribution in [2.45, 2.75) is 56.9 Å². The Kier molecular flexibility index (Phi) is 5.55. The van der Waals surface area contributed by atoms with Crippen molar-refractivity contribution in [2.24, 2.45) is 0 Å². The van der Waals surface area contributed by atoms with E-state index in [1.54, 1.807) is 0 Å². The van der Waals surface area contributed by atoms with E-state index < -0.39 is 0 Å². The van der Waals surface area contributed by atoms with Crippen LogP contribution < -0.4 is 5.56 Å². The number of fused-ring (bicyclic) bond motifs is 1. The lowest BCUT2D eigenvalue weighted by molar-refractivity contribution is 0.566. The lowest BCUT2D eigenvalue weighted by Gasteiger charge is -2.21. The third-order valence-corrected chi connectivity index (χ3v) is 5.30. The van der Waals surface area contributed by atoms with Gasteiger partial charge in [-0.3, -0.25) is 9.78 Å². The Labute approximate surface area is 142 Å². The van der Waals surface area contributed by atoms with Gasteiger partial charge in [0.2, 0.25) is 0 Å². The second-order valence-electron chi connectivity index (χ2n) is 6.03. The fourth-order valence-corrected chi connectivity index (χ4v) is 4.04. The van der Waals surface area contributed by atoms with Crippen molar-refractivity contribution in [1.82, 2.24) is 9.55 Å². The van der Waals surface area contributed by atoms with Crippen molar-refractivity contribution in [2.75, 3.05) is 5.75 Å². The zero-order valence-electron chi connectivity index (χ0n) is 13.8. The molecule has 0 atom stereocenters. The van der Waals surface area contributed by atoms with Gasteiger partial charge >= 0.3 is 0 Å². The van der Waals surface area contributed by atoms with Gasteiger partial charge in [-0.25, -0.2) is 0 Å². The first-order chi connectivity index (χ1) is 11.3. The molecule has 23 heavy (non-hydrogen) atoms. The van der Waals surface area contributed by atoms with Crippen LogP contribution in [0.2, 0.25) is 0 Å². The molecule has 1 aromatic carbocycles. The molecule has 0 N–H and O–H groups in total. The SMILES string of the molecule is CCCc1nc2c(n(CCSc3ccccc3)c1=O)CCCC2. The molecule has 122 valence electrons. The van der Waals surface area contributed by atoms with Crippen LogP contribution >= 0.6 is 11.8 Å². The van der Waals surface area contributed by atoms with Crippen LogP contribution in [0.25, 0.3) is 0 Å². The van der Waals surface area contributed by atoms with E-state index >= 15 is 0 Å². The number of hydrogen-bond donors (Lipinski definition) is 0. The summed E-state index contributed by atoms with van der Waals surface area (Å²) in [6.45, 7) is 2.89. The average molecular weight is 328 g/mol. The number of aromatic nitrogens is 2. The minimum atomic E-state index is 0.140. The smallest absolute Gasteiger partial charge is 0.272 e. The van der Waals surface area contributed by atoms with E-state index in [1.165, 1.54) is 29.1 Å². The maximum atomic E-state index is 12.8. The van der Waals surface area contributed by atoms with Gasteiger partial charge in [0.05, 0.1) is 5.69 Å². The molecule has 0 fully saturated rings. The van der Waals surface area contributed by atoms with E-state index in [-0.39, 0.29) is 5.56 Å². The zero-order chi connectivity index (χ0) is 16.1. The van der Waals surface area contributed by atoms with Crippen molar-refractivity contribution in [3.05, 3.63) is 57.8 Å². The van der Waals surface area contributed by atoms with E-state index in [0.717, 1.165) is 43.7 Å². The highest BCUT2D eigenvalue weighted by molar-refractivity contribution is 7.99.